The van der Waals surface area contributed by atoms with Crippen molar-refractivity contribution in [3.05, 3.63) is 33.4 Å². The number of alkyl halides is 2. The van der Waals surface area contributed by atoms with E-state index in [-0.39, 0.29) is 6.29 Å². The summed E-state index contributed by atoms with van der Waals surface area (Å²) < 4.78 is 28.2. The zero-order chi connectivity index (χ0) is 15.4. The van der Waals surface area contributed by atoms with Gasteiger partial charge in [-0.05, 0) is 6.07 Å². The molecule has 2 N–H and O–H groups in total. The Morgan fingerprint density at radius 3 is 2.45 bits per heavy atom. The fourth-order valence-electron chi connectivity index (χ4n) is 1.41. The largest absolute Gasteiger partial charge is 0.479 e. The Bertz CT molecular complexity index is 561. The lowest BCUT2D eigenvalue weighted by Gasteiger charge is -2.12. The van der Waals surface area contributed by atoms with Crippen molar-refractivity contribution >= 4 is 17.9 Å². The highest BCUT2D eigenvalue weighted by molar-refractivity contribution is 5.85. The summed E-state index contributed by atoms with van der Waals surface area (Å²) in [6.45, 7) is -3.40. The van der Waals surface area contributed by atoms with E-state index in [0.717, 1.165) is 0 Å². The SMILES string of the molecule is O=Cc1cc([N+](=O)[O-])c(OC(F)F)cc1C(O)C(=O)O. The van der Waals surface area contributed by atoms with Gasteiger partial charge in [-0.1, -0.05) is 0 Å². The van der Waals surface area contributed by atoms with E-state index in [1.165, 1.54) is 0 Å². The molecule has 0 saturated carbocycles. The van der Waals surface area contributed by atoms with Crippen molar-refractivity contribution in [2.24, 2.45) is 0 Å². The summed E-state index contributed by atoms with van der Waals surface area (Å²) in [5, 5.41) is 28.6. The normalized spacial score (nSPS) is 12.0. The zero-order valence-electron chi connectivity index (χ0n) is 9.53. The molecular formula is C10H7F2NO7. The molecule has 0 aliphatic heterocycles. The number of carboxylic acids is 1. The summed E-state index contributed by atoms with van der Waals surface area (Å²) in [4.78, 5) is 31.0. The summed E-state index contributed by atoms with van der Waals surface area (Å²) in [6, 6.07) is 1.07. The number of rotatable bonds is 6. The van der Waals surface area contributed by atoms with Crippen LogP contribution in [0, 0.1) is 10.1 Å². The van der Waals surface area contributed by atoms with E-state index in [4.69, 9.17) is 5.11 Å². The van der Waals surface area contributed by atoms with Gasteiger partial charge < -0.3 is 14.9 Å². The molecule has 1 atom stereocenters. The lowest BCUT2D eigenvalue weighted by molar-refractivity contribution is -0.386. The van der Waals surface area contributed by atoms with Crippen LogP contribution in [0.15, 0.2) is 12.1 Å². The maximum Gasteiger partial charge on any atom is 0.387 e. The number of carbonyl (C=O) groups is 2. The number of carboxylic acid groups (broad SMARTS) is 1. The van der Waals surface area contributed by atoms with E-state index in [9.17, 15) is 33.6 Å². The van der Waals surface area contributed by atoms with E-state index in [2.05, 4.69) is 4.74 Å². The van der Waals surface area contributed by atoms with Crippen LogP contribution in [-0.4, -0.2) is 34.0 Å². The molecule has 1 aromatic rings. The zero-order valence-corrected chi connectivity index (χ0v) is 9.53. The number of nitro groups is 1. The number of aldehydes is 1. The van der Waals surface area contributed by atoms with Crippen LogP contribution < -0.4 is 4.74 Å². The van der Waals surface area contributed by atoms with Crippen molar-refractivity contribution in [2.75, 3.05) is 0 Å². The Hall–Kier alpha value is -2.62. The smallest absolute Gasteiger partial charge is 0.387 e. The number of hydrogen-bond acceptors (Lipinski definition) is 6. The summed E-state index contributed by atoms with van der Waals surface area (Å²) in [5.74, 6) is -2.71. The summed E-state index contributed by atoms with van der Waals surface area (Å²) >= 11 is 0. The second-order valence-corrected chi connectivity index (χ2v) is 3.44. The van der Waals surface area contributed by atoms with Crippen LogP contribution >= 0.6 is 0 Å². The molecule has 0 amide bonds. The van der Waals surface area contributed by atoms with Gasteiger partial charge >= 0.3 is 18.3 Å². The maximum absolute atomic E-state index is 12.1. The fourth-order valence-corrected chi connectivity index (χ4v) is 1.41. The first-order chi connectivity index (χ1) is 9.27. The molecule has 0 bridgehead atoms. The molecule has 8 nitrogen and oxygen atoms in total. The maximum atomic E-state index is 12.1. The Kier molecular flexibility index (Phi) is 4.64. The highest BCUT2D eigenvalue weighted by atomic mass is 19.3. The van der Waals surface area contributed by atoms with Crippen molar-refractivity contribution in [3.8, 4) is 5.75 Å². The molecule has 0 radical (unpaired) electrons. The number of ether oxygens (including phenoxy) is 1. The van der Waals surface area contributed by atoms with Crippen LogP contribution in [-0.2, 0) is 4.79 Å². The minimum atomic E-state index is -3.40. The number of halogens is 2. The molecule has 0 spiro atoms. The molecule has 108 valence electrons. The highest BCUT2D eigenvalue weighted by Gasteiger charge is 2.27. The third-order valence-corrected chi connectivity index (χ3v) is 2.23. The molecule has 1 aromatic carbocycles. The Balaban J connectivity index is 3.49. The summed E-state index contributed by atoms with van der Waals surface area (Å²) in [7, 11) is 0. The first-order valence-electron chi connectivity index (χ1n) is 4.91. The number of nitro benzene ring substituents is 1. The third kappa shape index (κ3) is 3.23. The fraction of sp³-hybridized carbons (Fsp3) is 0.200. The van der Waals surface area contributed by atoms with Crippen molar-refractivity contribution in [1.82, 2.24) is 0 Å². The van der Waals surface area contributed by atoms with Gasteiger partial charge in [0, 0.05) is 17.2 Å². The van der Waals surface area contributed by atoms with E-state index < -0.39 is 46.2 Å². The minimum Gasteiger partial charge on any atom is -0.479 e. The van der Waals surface area contributed by atoms with Gasteiger partial charge in [0.2, 0.25) is 5.75 Å². The third-order valence-electron chi connectivity index (χ3n) is 2.23. The summed E-state index contributed by atoms with van der Waals surface area (Å²) in [5.41, 5.74) is -2.06. The molecule has 10 heteroatoms. The average molecular weight is 291 g/mol. The van der Waals surface area contributed by atoms with Crippen molar-refractivity contribution in [3.63, 3.8) is 0 Å². The molecule has 0 saturated heterocycles. The van der Waals surface area contributed by atoms with Crippen LogP contribution in [0.3, 0.4) is 0 Å². The Morgan fingerprint density at radius 2 is 2.05 bits per heavy atom. The van der Waals surface area contributed by atoms with Gasteiger partial charge in [0.05, 0.1) is 4.92 Å². The van der Waals surface area contributed by atoms with Crippen LogP contribution in [0.1, 0.15) is 22.0 Å². The van der Waals surface area contributed by atoms with E-state index >= 15 is 0 Å². The molecule has 0 aliphatic rings. The lowest BCUT2D eigenvalue weighted by Crippen LogP contribution is -2.14. The first kappa shape index (κ1) is 15.4. The molecule has 1 unspecified atom stereocenters. The second-order valence-electron chi connectivity index (χ2n) is 3.44. The molecule has 20 heavy (non-hydrogen) atoms. The molecular weight excluding hydrogens is 284 g/mol. The predicted octanol–water partition coefficient (Wildman–Crippen LogP) is 1.13. The number of nitrogens with zero attached hydrogens (tertiary/aromatic N) is 1. The average Bonchev–Trinajstić information content (AvgIpc) is 2.36. The van der Waals surface area contributed by atoms with Crippen LogP contribution in [0.25, 0.3) is 0 Å². The summed E-state index contributed by atoms with van der Waals surface area (Å²) in [6.07, 6.45) is -2.16. The number of carbonyl (C=O) groups excluding carboxylic acids is 1. The number of aliphatic carboxylic acids is 1. The quantitative estimate of drug-likeness (QED) is 0.456. The van der Waals surface area contributed by atoms with Gasteiger partial charge in [-0.25, -0.2) is 4.79 Å². The lowest BCUT2D eigenvalue weighted by atomic mass is 10.0. The van der Waals surface area contributed by atoms with Crippen molar-refractivity contribution in [1.29, 1.82) is 0 Å². The van der Waals surface area contributed by atoms with E-state index in [1.807, 2.05) is 0 Å². The molecule has 1 rings (SSSR count). The van der Waals surface area contributed by atoms with Gasteiger partial charge in [0.25, 0.3) is 0 Å². The Labute approximate surface area is 109 Å². The van der Waals surface area contributed by atoms with Crippen molar-refractivity contribution < 1.29 is 38.2 Å². The van der Waals surface area contributed by atoms with E-state index in [1.54, 1.807) is 0 Å². The molecule has 0 fully saturated rings. The van der Waals surface area contributed by atoms with Crippen LogP contribution in [0.4, 0.5) is 14.5 Å². The number of benzene rings is 1. The topological polar surface area (TPSA) is 127 Å². The first-order valence-corrected chi connectivity index (χ1v) is 4.91. The number of aliphatic hydroxyl groups is 1. The number of hydrogen-bond donors (Lipinski definition) is 2. The van der Waals surface area contributed by atoms with Gasteiger partial charge in [-0.3, -0.25) is 14.9 Å². The second kappa shape index (κ2) is 6.02. The Morgan fingerprint density at radius 1 is 1.45 bits per heavy atom. The highest BCUT2D eigenvalue weighted by Crippen LogP contribution is 2.33. The van der Waals surface area contributed by atoms with Crippen LogP contribution in [0.5, 0.6) is 5.75 Å². The van der Waals surface area contributed by atoms with E-state index in [0.29, 0.717) is 12.1 Å². The molecule has 0 aliphatic carbocycles. The minimum absolute atomic E-state index is 0.0562. The molecule has 0 heterocycles. The van der Waals surface area contributed by atoms with Gasteiger partial charge in [0.1, 0.15) is 0 Å². The molecule has 0 aromatic heterocycles. The van der Waals surface area contributed by atoms with Gasteiger partial charge in [-0.15, -0.1) is 0 Å². The van der Waals surface area contributed by atoms with Gasteiger partial charge in [-0.2, -0.15) is 8.78 Å². The standard InChI is InChI=1S/C10H7F2NO7/c11-10(12)20-7-2-5(8(15)9(16)17)4(3-14)1-6(7)13(18)19/h1-3,8,10,15H,(H,16,17). The van der Waals surface area contributed by atoms with Crippen molar-refractivity contribution in [2.45, 2.75) is 12.7 Å². The number of aliphatic hydroxyl groups excluding tert-OH is 1. The van der Waals surface area contributed by atoms with Crippen LogP contribution in [0.2, 0.25) is 0 Å². The predicted molar refractivity (Wildman–Crippen MR) is 57.7 cm³/mol. The monoisotopic (exact) mass is 291 g/mol. The van der Waals surface area contributed by atoms with Gasteiger partial charge in [0.15, 0.2) is 12.4 Å².